The summed E-state index contributed by atoms with van der Waals surface area (Å²) in [4.78, 5) is 41.1. The summed E-state index contributed by atoms with van der Waals surface area (Å²) in [6.45, 7) is 0. The summed E-state index contributed by atoms with van der Waals surface area (Å²) in [7, 11) is 1.31. The van der Waals surface area contributed by atoms with E-state index in [2.05, 4.69) is 5.32 Å². The van der Waals surface area contributed by atoms with Crippen LogP contribution in [0.15, 0.2) is 59.8 Å². The number of nitriles is 1. The van der Waals surface area contributed by atoms with Gasteiger partial charge in [-0.1, -0.05) is 18.2 Å². The van der Waals surface area contributed by atoms with Gasteiger partial charge in [0.25, 0.3) is 0 Å². The Bertz CT molecular complexity index is 1230. The number of Topliss-reactive ketones (excluding diaryl/α,β-unsaturated/α-hetero) is 1. The number of allylic oxidation sites excluding steroid dienone is 1. The number of alkyl halides is 3. The van der Waals surface area contributed by atoms with Gasteiger partial charge in [-0.05, 0) is 42.3 Å². The average Bonchev–Trinajstić information content (AvgIpc) is 3.18. The van der Waals surface area contributed by atoms with E-state index < -0.39 is 29.8 Å². The summed E-state index contributed by atoms with van der Waals surface area (Å²) in [6.07, 6.45) is -4.44. The van der Waals surface area contributed by atoms with Crippen molar-refractivity contribution in [1.82, 2.24) is 10.2 Å². The Labute approximate surface area is 186 Å². The minimum atomic E-state index is -4.64. The number of urea groups is 2. The number of hydrogen-bond acceptors (Lipinski definition) is 4. The normalized spacial score (nSPS) is 18.3. The molecule has 0 aromatic heterocycles. The monoisotopic (exact) mass is 454 g/mol. The third kappa shape index (κ3) is 3.71. The van der Waals surface area contributed by atoms with Crippen LogP contribution in [0.3, 0.4) is 0 Å². The van der Waals surface area contributed by atoms with Crippen LogP contribution in [-0.4, -0.2) is 29.8 Å². The number of nitrogens with zero attached hydrogens (tertiary/aromatic N) is 3. The maximum Gasteiger partial charge on any atom is 0.416 e. The minimum absolute atomic E-state index is 0.0573. The van der Waals surface area contributed by atoms with Crippen molar-refractivity contribution in [2.75, 3.05) is 11.9 Å². The molecule has 2 aliphatic rings. The molecule has 0 fully saturated rings. The van der Waals surface area contributed by atoms with E-state index in [-0.39, 0.29) is 35.6 Å². The zero-order chi connectivity index (χ0) is 23.9. The van der Waals surface area contributed by atoms with Crippen LogP contribution in [0.25, 0.3) is 0 Å². The summed E-state index contributed by atoms with van der Waals surface area (Å²) in [5.74, 6) is -0.308. The van der Waals surface area contributed by atoms with Gasteiger partial charge in [0.1, 0.15) is 0 Å². The standard InChI is InChI=1S/C23H17F3N4O3/c1-28-21(32)30-20(14-7-5-13(12-27)6-8-14)19-17(9-10-18(19)31)29(22(30)33)16-4-2-3-15(11-16)23(24,25)26/h2-8,11,20H,9-10H2,1H3,(H,28,32)/t20-/m1/s1. The lowest BCUT2D eigenvalue weighted by Crippen LogP contribution is -2.54. The Kier molecular flexibility index (Phi) is 5.41. The Balaban J connectivity index is 1.93. The van der Waals surface area contributed by atoms with Crippen LogP contribution in [0.5, 0.6) is 0 Å². The van der Waals surface area contributed by atoms with Gasteiger partial charge in [-0.2, -0.15) is 18.4 Å². The van der Waals surface area contributed by atoms with Crippen LogP contribution in [-0.2, 0) is 11.0 Å². The van der Waals surface area contributed by atoms with Crippen LogP contribution in [0, 0.1) is 11.3 Å². The molecule has 1 aliphatic heterocycles. The van der Waals surface area contributed by atoms with Gasteiger partial charge in [-0.15, -0.1) is 0 Å². The summed E-state index contributed by atoms with van der Waals surface area (Å²) in [6, 6.07) is 9.47. The molecule has 1 N–H and O–H groups in total. The highest BCUT2D eigenvalue weighted by Gasteiger charge is 2.48. The quantitative estimate of drug-likeness (QED) is 0.722. The van der Waals surface area contributed by atoms with Crippen molar-refractivity contribution < 1.29 is 27.6 Å². The van der Waals surface area contributed by atoms with Gasteiger partial charge in [-0.25, -0.2) is 14.5 Å². The predicted molar refractivity (Wildman–Crippen MR) is 111 cm³/mol. The van der Waals surface area contributed by atoms with Crippen molar-refractivity contribution in [2.24, 2.45) is 0 Å². The fourth-order valence-corrected chi connectivity index (χ4v) is 4.14. The number of imide groups is 1. The van der Waals surface area contributed by atoms with Crippen LogP contribution in [0.4, 0.5) is 28.4 Å². The number of ketones is 1. The maximum atomic E-state index is 13.6. The third-order valence-corrected chi connectivity index (χ3v) is 5.62. The van der Waals surface area contributed by atoms with Gasteiger partial charge in [-0.3, -0.25) is 9.69 Å². The number of amides is 4. The second-order valence-electron chi connectivity index (χ2n) is 7.51. The summed E-state index contributed by atoms with van der Waals surface area (Å²) < 4.78 is 39.9. The molecule has 0 bridgehead atoms. The molecular weight excluding hydrogens is 437 g/mol. The second-order valence-corrected chi connectivity index (χ2v) is 7.51. The van der Waals surface area contributed by atoms with Crippen molar-refractivity contribution in [1.29, 1.82) is 5.26 Å². The number of benzene rings is 2. The number of nitrogens with one attached hydrogen (secondary N) is 1. The lowest BCUT2D eigenvalue weighted by atomic mass is 9.92. The molecule has 2 aromatic carbocycles. The Morgan fingerprint density at radius 3 is 2.42 bits per heavy atom. The molecule has 0 unspecified atom stereocenters. The summed E-state index contributed by atoms with van der Waals surface area (Å²) in [5, 5.41) is 11.4. The largest absolute Gasteiger partial charge is 0.416 e. The first-order valence-electron chi connectivity index (χ1n) is 9.96. The molecule has 1 atom stereocenters. The number of rotatable bonds is 2. The molecule has 4 amide bonds. The van der Waals surface area contributed by atoms with E-state index in [9.17, 15) is 27.6 Å². The first kappa shape index (κ1) is 22.1. The highest BCUT2D eigenvalue weighted by atomic mass is 19.4. The Morgan fingerprint density at radius 1 is 1.12 bits per heavy atom. The van der Waals surface area contributed by atoms with Gasteiger partial charge in [0.15, 0.2) is 5.78 Å². The molecule has 168 valence electrons. The maximum absolute atomic E-state index is 13.6. The summed E-state index contributed by atoms with van der Waals surface area (Å²) in [5.41, 5.74) is 0.158. The molecule has 0 saturated carbocycles. The third-order valence-electron chi connectivity index (χ3n) is 5.62. The Morgan fingerprint density at radius 2 is 1.82 bits per heavy atom. The number of hydrogen-bond donors (Lipinski definition) is 1. The fraction of sp³-hybridized carbons (Fsp3) is 0.217. The van der Waals surface area contributed by atoms with Gasteiger partial charge in [0, 0.05) is 24.7 Å². The summed E-state index contributed by atoms with van der Waals surface area (Å²) >= 11 is 0. The fourth-order valence-electron chi connectivity index (χ4n) is 4.14. The van der Waals surface area contributed by atoms with Crippen molar-refractivity contribution in [3.63, 3.8) is 0 Å². The topological polar surface area (TPSA) is 93.5 Å². The zero-order valence-electron chi connectivity index (χ0n) is 17.3. The molecule has 1 heterocycles. The van der Waals surface area contributed by atoms with Crippen LogP contribution >= 0.6 is 0 Å². The molecule has 1 aliphatic carbocycles. The van der Waals surface area contributed by atoms with Crippen molar-refractivity contribution >= 4 is 23.5 Å². The van der Waals surface area contributed by atoms with E-state index in [1.165, 1.54) is 31.3 Å². The highest BCUT2D eigenvalue weighted by molar-refractivity contribution is 6.12. The molecule has 0 spiro atoms. The van der Waals surface area contributed by atoms with E-state index >= 15 is 0 Å². The van der Waals surface area contributed by atoms with Gasteiger partial charge in [0.2, 0.25) is 0 Å². The van der Waals surface area contributed by atoms with Crippen molar-refractivity contribution in [3.8, 4) is 6.07 Å². The van der Waals surface area contributed by atoms with E-state index in [1.54, 1.807) is 12.1 Å². The van der Waals surface area contributed by atoms with E-state index in [0.29, 0.717) is 11.1 Å². The first-order chi connectivity index (χ1) is 15.7. The van der Waals surface area contributed by atoms with Crippen molar-refractivity contribution in [2.45, 2.75) is 25.1 Å². The molecule has 4 rings (SSSR count). The lowest BCUT2D eigenvalue weighted by Gasteiger charge is -2.40. The lowest BCUT2D eigenvalue weighted by molar-refractivity contribution is -0.137. The first-order valence-corrected chi connectivity index (χ1v) is 9.96. The predicted octanol–water partition coefficient (Wildman–Crippen LogP) is 4.52. The smallest absolute Gasteiger partial charge is 0.341 e. The second kappa shape index (κ2) is 8.09. The van der Waals surface area contributed by atoms with E-state index in [0.717, 1.165) is 21.9 Å². The number of anilines is 1. The SMILES string of the molecule is CNC(=O)N1C(=O)N(c2cccc(C(F)(F)F)c2)C2=C(C(=O)CC2)[C@H]1c1ccc(C#N)cc1. The van der Waals surface area contributed by atoms with Crippen LogP contribution in [0.2, 0.25) is 0 Å². The average molecular weight is 454 g/mol. The molecule has 0 radical (unpaired) electrons. The van der Waals surface area contributed by atoms with E-state index in [1.807, 2.05) is 6.07 Å². The molecule has 33 heavy (non-hydrogen) atoms. The Hall–Kier alpha value is -4.13. The molecule has 2 aromatic rings. The van der Waals surface area contributed by atoms with Crippen LogP contribution in [0.1, 0.15) is 35.6 Å². The van der Waals surface area contributed by atoms with Gasteiger partial charge >= 0.3 is 18.2 Å². The number of carbonyl (C=O) groups is 3. The van der Waals surface area contributed by atoms with Gasteiger partial charge in [0.05, 0.1) is 28.9 Å². The minimum Gasteiger partial charge on any atom is -0.341 e. The molecule has 0 saturated heterocycles. The molecule has 7 nitrogen and oxygen atoms in total. The molecular formula is C23H17F3N4O3. The molecule has 10 heteroatoms. The number of carbonyl (C=O) groups excluding carboxylic acids is 3. The van der Waals surface area contributed by atoms with E-state index in [4.69, 9.17) is 5.26 Å². The van der Waals surface area contributed by atoms with Crippen LogP contribution < -0.4 is 10.2 Å². The highest BCUT2D eigenvalue weighted by Crippen LogP contribution is 2.45. The van der Waals surface area contributed by atoms with Gasteiger partial charge < -0.3 is 5.32 Å². The zero-order valence-corrected chi connectivity index (χ0v) is 17.3. The number of halogens is 3. The van der Waals surface area contributed by atoms with Crippen molar-refractivity contribution in [3.05, 3.63) is 76.5 Å².